The Kier molecular flexibility index (Phi) is 7.59. The van der Waals surface area contributed by atoms with Crippen LogP contribution in [0.25, 0.3) is 0 Å². The largest absolute Gasteiger partial charge is 0.492 e. The zero-order valence-electron chi connectivity index (χ0n) is 11.9. The predicted molar refractivity (Wildman–Crippen MR) is 83.4 cm³/mol. The predicted octanol–water partition coefficient (Wildman–Crippen LogP) is 4.92. The zero-order valence-corrected chi connectivity index (χ0v) is 13.4. The van der Waals surface area contributed by atoms with Crippen LogP contribution in [0.2, 0.25) is 10.0 Å². The second-order valence-corrected chi connectivity index (χ2v) is 5.95. The van der Waals surface area contributed by atoms with Crippen LogP contribution in [0.3, 0.4) is 0 Å². The maximum Gasteiger partial charge on any atom is 0.142 e. The summed E-state index contributed by atoms with van der Waals surface area (Å²) in [5, 5.41) is 4.62. The van der Waals surface area contributed by atoms with Crippen molar-refractivity contribution in [2.45, 2.75) is 40.2 Å². The van der Waals surface area contributed by atoms with Crippen LogP contribution in [0.4, 0.5) is 0 Å². The Morgan fingerprint density at radius 3 is 2.63 bits per heavy atom. The van der Waals surface area contributed by atoms with E-state index in [1.165, 1.54) is 0 Å². The summed E-state index contributed by atoms with van der Waals surface area (Å²) in [7, 11) is 0. The molecule has 0 saturated carbocycles. The van der Waals surface area contributed by atoms with E-state index in [0.717, 1.165) is 37.2 Å². The van der Waals surface area contributed by atoms with Gasteiger partial charge >= 0.3 is 0 Å². The lowest BCUT2D eigenvalue weighted by molar-refractivity contribution is 0.305. The molecule has 4 heteroatoms. The standard InChI is InChI=1S/C15H23Cl2NO/c1-4-5-6-19-15-12(10-18-9-11(2)3)7-13(16)8-14(15)17/h7-8,11,18H,4-6,9-10H2,1-3H3. The number of nitrogens with one attached hydrogen (secondary N) is 1. The van der Waals surface area contributed by atoms with Crippen molar-refractivity contribution in [1.29, 1.82) is 0 Å². The Bertz CT molecular complexity index is 394. The molecule has 19 heavy (non-hydrogen) atoms. The van der Waals surface area contributed by atoms with Crippen LogP contribution in [-0.2, 0) is 6.54 Å². The van der Waals surface area contributed by atoms with Crippen molar-refractivity contribution in [3.8, 4) is 5.75 Å². The molecule has 0 aliphatic rings. The van der Waals surface area contributed by atoms with Gasteiger partial charge in [0.25, 0.3) is 0 Å². The van der Waals surface area contributed by atoms with Crippen LogP contribution in [0.1, 0.15) is 39.2 Å². The van der Waals surface area contributed by atoms with E-state index in [1.807, 2.05) is 6.07 Å². The van der Waals surface area contributed by atoms with Gasteiger partial charge in [0.15, 0.2) is 0 Å². The molecular weight excluding hydrogens is 281 g/mol. The fourth-order valence-corrected chi connectivity index (χ4v) is 2.31. The molecular formula is C15H23Cl2NO. The highest BCUT2D eigenvalue weighted by Gasteiger charge is 2.10. The molecule has 0 spiro atoms. The average Bonchev–Trinajstić information content (AvgIpc) is 2.32. The van der Waals surface area contributed by atoms with Crippen LogP contribution in [0, 0.1) is 5.92 Å². The Morgan fingerprint density at radius 1 is 1.26 bits per heavy atom. The van der Waals surface area contributed by atoms with Crippen molar-refractivity contribution >= 4 is 23.2 Å². The first-order valence-corrected chi connectivity index (χ1v) is 7.61. The second kappa shape index (κ2) is 8.68. The lowest BCUT2D eigenvalue weighted by Crippen LogP contribution is -2.19. The quantitative estimate of drug-likeness (QED) is 0.688. The Hall–Kier alpha value is -0.440. The van der Waals surface area contributed by atoms with Crippen LogP contribution < -0.4 is 10.1 Å². The molecule has 1 N–H and O–H groups in total. The van der Waals surface area contributed by atoms with E-state index in [1.54, 1.807) is 6.07 Å². The molecule has 0 radical (unpaired) electrons. The van der Waals surface area contributed by atoms with Gasteiger partial charge in [-0.2, -0.15) is 0 Å². The summed E-state index contributed by atoms with van der Waals surface area (Å²) in [5.74, 6) is 1.37. The van der Waals surface area contributed by atoms with E-state index in [9.17, 15) is 0 Å². The van der Waals surface area contributed by atoms with Crippen LogP contribution in [0.5, 0.6) is 5.75 Å². The van der Waals surface area contributed by atoms with Crippen molar-refractivity contribution in [3.63, 3.8) is 0 Å². The van der Waals surface area contributed by atoms with E-state index in [-0.39, 0.29) is 0 Å². The molecule has 1 aromatic carbocycles. The van der Waals surface area contributed by atoms with E-state index in [4.69, 9.17) is 27.9 Å². The van der Waals surface area contributed by atoms with Crippen molar-refractivity contribution < 1.29 is 4.74 Å². The van der Waals surface area contributed by atoms with Gasteiger partial charge in [-0.15, -0.1) is 0 Å². The molecule has 108 valence electrons. The molecule has 0 saturated heterocycles. The average molecular weight is 304 g/mol. The first kappa shape index (κ1) is 16.6. The minimum atomic E-state index is 0.588. The number of rotatable bonds is 8. The number of hydrogen-bond donors (Lipinski definition) is 1. The van der Waals surface area contributed by atoms with Crippen LogP contribution >= 0.6 is 23.2 Å². The number of hydrogen-bond acceptors (Lipinski definition) is 2. The minimum Gasteiger partial charge on any atom is -0.492 e. The lowest BCUT2D eigenvalue weighted by Gasteiger charge is -2.15. The molecule has 0 aliphatic carbocycles. The van der Waals surface area contributed by atoms with Gasteiger partial charge in [0.1, 0.15) is 5.75 Å². The normalized spacial score (nSPS) is 11.1. The van der Waals surface area contributed by atoms with Gasteiger partial charge in [0, 0.05) is 17.1 Å². The fourth-order valence-electron chi connectivity index (χ4n) is 1.72. The zero-order chi connectivity index (χ0) is 14.3. The van der Waals surface area contributed by atoms with Crippen molar-refractivity contribution in [2.75, 3.05) is 13.2 Å². The molecule has 1 rings (SSSR count). The first-order valence-electron chi connectivity index (χ1n) is 6.86. The van der Waals surface area contributed by atoms with Gasteiger partial charge in [-0.05, 0) is 31.0 Å². The maximum absolute atomic E-state index is 6.22. The third-order valence-corrected chi connectivity index (χ3v) is 3.20. The fraction of sp³-hybridized carbons (Fsp3) is 0.600. The molecule has 0 amide bonds. The van der Waals surface area contributed by atoms with E-state index in [2.05, 4.69) is 26.1 Å². The Balaban J connectivity index is 2.74. The van der Waals surface area contributed by atoms with Gasteiger partial charge in [-0.3, -0.25) is 0 Å². The number of unbranched alkanes of at least 4 members (excludes halogenated alkanes) is 1. The first-order chi connectivity index (χ1) is 9.04. The van der Waals surface area contributed by atoms with E-state index >= 15 is 0 Å². The smallest absolute Gasteiger partial charge is 0.142 e. The Morgan fingerprint density at radius 2 is 2.00 bits per heavy atom. The van der Waals surface area contributed by atoms with Crippen molar-refractivity contribution in [2.24, 2.45) is 5.92 Å². The van der Waals surface area contributed by atoms with Crippen LogP contribution in [0.15, 0.2) is 12.1 Å². The highest BCUT2D eigenvalue weighted by molar-refractivity contribution is 6.35. The third kappa shape index (κ3) is 6.03. The molecule has 0 aliphatic heterocycles. The van der Waals surface area contributed by atoms with Crippen molar-refractivity contribution in [1.82, 2.24) is 5.32 Å². The SMILES string of the molecule is CCCCOc1c(Cl)cc(Cl)cc1CNCC(C)C. The van der Waals surface area contributed by atoms with Crippen molar-refractivity contribution in [3.05, 3.63) is 27.7 Å². The van der Waals surface area contributed by atoms with Gasteiger partial charge in [0.2, 0.25) is 0 Å². The maximum atomic E-state index is 6.22. The summed E-state index contributed by atoms with van der Waals surface area (Å²) in [5.41, 5.74) is 1.02. The molecule has 1 aromatic rings. The summed E-state index contributed by atoms with van der Waals surface area (Å²) in [6, 6.07) is 3.65. The van der Waals surface area contributed by atoms with Gasteiger partial charge in [-0.1, -0.05) is 50.4 Å². The van der Waals surface area contributed by atoms with Gasteiger partial charge in [0.05, 0.1) is 11.6 Å². The minimum absolute atomic E-state index is 0.588. The molecule has 0 atom stereocenters. The van der Waals surface area contributed by atoms with Gasteiger partial charge < -0.3 is 10.1 Å². The molecule has 0 aromatic heterocycles. The summed E-state index contributed by atoms with van der Waals surface area (Å²) in [4.78, 5) is 0. The van der Waals surface area contributed by atoms with E-state index in [0.29, 0.717) is 22.6 Å². The highest BCUT2D eigenvalue weighted by atomic mass is 35.5. The summed E-state index contributed by atoms with van der Waals surface area (Å²) >= 11 is 12.3. The highest BCUT2D eigenvalue weighted by Crippen LogP contribution is 2.32. The number of benzene rings is 1. The summed E-state index contributed by atoms with van der Waals surface area (Å²) < 4.78 is 5.79. The van der Waals surface area contributed by atoms with Gasteiger partial charge in [-0.25, -0.2) is 0 Å². The topological polar surface area (TPSA) is 21.3 Å². The molecule has 0 unspecified atom stereocenters. The molecule has 0 bridgehead atoms. The molecule has 0 heterocycles. The second-order valence-electron chi connectivity index (χ2n) is 5.10. The number of ether oxygens (including phenoxy) is 1. The number of halogens is 2. The molecule has 2 nitrogen and oxygen atoms in total. The Labute approximate surface area is 126 Å². The molecule has 0 fully saturated rings. The van der Waals surface area contributed by atoms with E-state index < -0.39 is 0 Å². The lowest BCUT2D eigenvalue weighted by atomic mass is 10.1. The summed E-state index contributed by atoms with van der Waals surface area (Å²) in [6.07, 6.45) is 2.13. The van der Waals surface area contributed by atoms with Crippen LogP contribution in [-0.4, -0.2) is 13.2 Å². The third-order valence-electron chi connectivity index (χ3n) is 2.70. The summed E-state index contributed by atoms with van der Waals surface area (Å²) in [6.45, 7) is 8.86. The monoisotopic (exact) mass is 303 g/mol.